The molecule has 0 spiro atoms. The van der Waals surface area contributed by atoms with E-state index in [-0.39, 0.29) is 5.91 Å². The Labute approximate surface area is 104 Å². The van der Waals surface area contributed by atoms with Gasteiger partial charge in [-0.2, -0.15) is 0 Å². The van der Waals surface area contributed by atoms with Crippen LogP contribution in [0.2, 0.25) is 0 Å². The van der Waals surface area contributed by atoms with E-state index in [9.17, 15) is 4.79 Å². The molecule has 0 aromatic rings. The fraction of sp³-hybridized carbons (Fsp3) is 0.800. The van der Waals surface area contributed by atoms with Gasteiger partial charge in [0.1, 0.15) is 0 Å². The Balaban J connectivity index is 1.65. The summed E-state index contributed by atoms with van der Waals surface area (Å²) in [7, 11) is 0. The van der Waals surface area contributed by atoms with Gasteiger partial charge in [-0.25, -0.2) is 0 Å². The zero-order valence-electron chi connectivity index (χ0n) is 10.5. The predicted molar refractivity (Wildman–Crippen MR) is 68.4 cm³/mol. The molecule has 0 aromatic carbocycles. The van der Waals surface area contributed by atoms with Crippen LogP contribution in [0.4, 0.5) is 0 Å². The van der Waals surface area contributed by atoms with Crippen molar-refractivity contribution in [1.82, 2.24) is 5.32 Å². The second-order valence-corrected chi connectivity index (χ2v) is 6.25. The monoisotopic (exact) mass is 233 g/mol. The van der Waals surface area contributed by atoms with Gasteiger partial charge in [0.25, 0.3) is 0 Å². The molecule has 2 bridgehead atoms. The molecule has 0 aliphatic heterocycles. The van der Waals surface area contributed by atoms with Crippen molar-refractivity contribution in [2.45, 2.75) is 51.0 Å². The SMILES string of the molecule is C=CC(=O)NC1CCCC1C1CC2CCC1C2. The lowest BCUT2D eigenvalue weighted by Gasteiger charge is -2.32. The molecule has 1 N–H and O–H groups in total. The van der Waals surface area contributed by atoms with E-state index < -0.39 is 0 Å². The lowest BCUT2D eigenvalue weighted by atomic mass is 9.77. The highest BCUT2D eigenvalue weighted by atomic mass is 16.1. The van der Waals surface area contributed by atoms with E-state index in [1.165, 1.54) is 51.0 Å². The van der Waals surface area contributed by atoms with Crippen molar-refractivity contribution in [3.63, 3.8) is 0 Å². The molecule has 0 radical (unpaired) electrons. The summed E-state index contributed by atoms with van der Waals surface area (Å²) in [6.45, 7) is 3.55. The minimum absolute atomic E-state index is 0.0186. The number of rotatable bonds is 3. The molecule has 0 heterocycles. The molecule has 2 heteroatoms. The number of carbonyl (C=O) groups is 1. The average Bonchev–Trinajstić information content (AvgIpc) is 3.03. The standard InChI is InChI=1S/C15H23NO/c1-2-15(17)16-14-5-3-4-12(14)13-9-10-6-7-11(13)8-10/h2,10-14H,1,3-9H2,(H,16,17). The Bertz CT molecular complexity index is 325. The molecule has 1 amide bonds. The minimum atomic E-state index is 0.0186. The number of carbonyl (C=O) groups excluding carboxylic acids is 1. The molecule has 2 nitrogen and oxygen atoms in total. The van der Waals surface area contributed by atoms with Crippen molar-refractivity contribution in [3.8, 4) is 0 Å². The highest BCUT2D eigenvalue weighted by Crippen LogP contribution is 2.53. The number of fused-ring (bicyclic) bond motifs is 2. The summed E-state index contributed by atoms with van der Waals surface area (Å²) >= 11 is 0. The van der Waals surface area contributed by atoms with Crippen LogP contribution >= 0.6 is 0 Å². The van der Waals surface area contributed by atoms with E-state index in [1.807, 2.05) is 0 Å². The van der Waals surface area contributed by atoms with Gasteiger partial charge in [-0.3, -0.25) is 4.79 Å². The van der Waals surface area contributed by atoms with E-state index in [4.69, 9.17) is 0 Å². The minimum Gasteiger partial charge on any atom is -0.350 e. The lowest BCUT2D eigenvalue weighted by molar-refractivity contribution is -0.117. The maximum absolute atomic E-state index is 11.5. The summed E-state index contributed by atoms with van der Waals surface area (Å²) in [5, 5.41) is 3.16. The highest BCUT2D eigenvalue weighted by molar-refractivity contribution is 5.87. The van der Waals surface area contributed by atoms with Gasteiger partial charge in [0.2, 0.25) is 5.91 Å². The lowest BCUT2D eigenvalue weighted by Crippen LogP contribution is -2.40. The molecular formula is C15H23NO. The van der Waals surface area contributed by atoms with Crippen molar-refractivity contribution in [2.75, 3.05) is 0 Å². The third-order valence-electron chi connectivity index (χ3n) is 5.43. The summed E-state index contributed by atoms with van der Waals surface area (Å²) in [5.41, 5.74) is 0. The Kier molecular flexibility index (Phi) is 2.97. The average molecular weight is 233 g/mol. The molecule has 0 aromatic heterocycles. The van der Waals surface area contributed by atoms with Crippen molar-refractivity contribution >= 4 is 5.91 Å². The Morgan fingerprint density at radius 1 is 1.12 bits per heavy atom. The number of nitrogens with one attached hydrogen (secondary N) is 1. The number of hydrogen-bond acceptors (Lipinski definition) is 1. The van der Waals surface area contributed by atoms with Crippen LogP contribution in [0.1, 0.15) is 44.9 Å². The van der Waals surface area contributed by atoms with Gasteiger partial charge in [-0.05, 0) is 61.9 Å². The number of hydrogen-bond donors (Lipinski definition) is 1. The second kappa shape index (κ2) is 4.47. The van der Waals surface area contributed by atoms with Gasteiger partial charge in [0.05, 0.1) is 0 Å². The Morgan fingerprint density at radius 2 is 2.00 bits per heavy atom. The van der Waals surface area contributed by atoms with Gasteiger partial charge in [-0.15, -0.1) is 0 Å². The van der Waals surface area contributed by atoms with Crippen LogP contribution in [0.25, 0.3) is 0 Å². The fourth-order valence-electron chi connectivity index (χ4n) is 4.74. The smallest absolute Gasteiger partial charge is 0.243 e. The summed E-state index contributed by atoms with van der Waals surface area (Å²) in [4.78, 5) is 11.5. The van der Waals surface area contributed by atoms with Gasteiger partial charge in [0, 0.05) is 6.04 Å². The van der Waals surface area contributed by atoms with Crippen LogP contribution in [0.5, 0.6) is 0 Å². The Morgan fingerprint density at radius 3 is 2.65 bits per heavy atom. The molecule has 3 fully saturated rings. The van der Waals surface area contributed by atoms with Crippen molar-refractivity contribution in [2.24, 2.45) is 23.7 Å². The zero-order valence-corrected chi connectivity index (χ0v) is 10.5. The summed E-state index contributed by atoms with van der Waals surface area (Å²) in [5.74, 6) is 3.68. The molecule has 5 atom stereocenters. The maximum Gasteiger partial charge on any atom is 0.243 e. The molecule has 3 aliphatic carbocycles. The molecular weight excluding hydrogens is 210 g/mol. The maximum atomic E-state index is 11.5. The van der Waals surface area contributed by atoms with Crippen molar-refractivity contribution in [3.05, 3.63) is 12.7 Å². The third kappa shape index (κ3) is 2.02. The van der Waals surface area contributed by atoms with Gasteiger partial charge >= 0.3 is 0 Å². The van der Waals surface area contributed by atoms with E-state index in [2.05, 4.69) is 11.9 Å². The summed E-state index contributed by atoms with van der Waals surface area (Å²) < 4.78 is 0. The van der Waals surface area contributed by atoms with Crippen LogP contribution in [-0.4, -0.2) is 11.9 Å². The molecule has 17 heavy (non-hydrogen) atoms. The van der Waals surface area contributed by atoms with Gasteiger partial charge < -0.3 is 5.32 Å². The van der Waals surface area contributed by atoms with E-state index >= 15 is 0 Å². The van der Waals surface area contributed by atoms with Gasteiger partial charge in [-0.1, -0.05) is 19.4 Å². The van der Waals surface area contributed by atoms with Crippen molar-refractivity contribution < 1.29 is 4.79 Å². The Hall–Kier alpha value is -0.790. The first kappa shape index (κ1) is 11.3. The zero-order chi connectivity index (χ0) is 11.8. The molecule has 3 saturated carbocycles. The van der Waals surface area contributed by atoms with Crippen LogP contribution in [-0.2, 0) is 4.79 Å². The van der Waals surface area contributed by atoms with Crippen LogP contribution in [0.3, 0.4) is 0 Å². The summed E-state index contributed by atoms with van der Waals surface area (Å²) in [6.07, 6.45) is 11.1. The highest BCUT2D eigenvalue weighted by Gasteiger charge is 2.46. The molecule has 94 valence electrons. The third-order valence-corrected chi connectivity index (χ3v) is 5.43. The number of amides is 1. The molecule has 3 rings (SSSR count). The molecule has 0 saturated heterocycles. The fourth-order valence-corrected chi connectivity index (χ4v) is 4.74. The second-order valence-electron chi connectivity index (χ2n) is 6.25. The van der Waals surface area contributed by atoms with Crippen LogP contribution < -0.4 is 5.32 Å². The predicted octanol–water partition coefficient (Wildman–Crippen LogP) is 2.89. The largest absolute Gasteiger partial charge is 0.350 e. The van der Waals surface area contributed by atoms with E-state index in [0.29, 0.717) is 6.04 Å². The van der Waals surface area contributed by atoms with Crippen LogP contribution in [0, 0.1) is 23.7 Å². The van der Waals surface area contributed by atoms with E-state index in [0.717, 1.165) is 23.7 Å². The normalized spacial score (nSPS) is 43.9. The molecule has 3 aliphatic rings. The summed E-state index contributed by atoms with van der Waals surface area (Å²) in [6, 6.07) is 0.435. The van der Waals surface area contributed by atoms with E-state index in [1.54, 1.807) is 0 Å². The topological polar surface area (TPSA) is 29.1 Å². The van der Waals surface area contributed by atoms with Gasteiger partial charge in [0.15, 0.2) is 0 Å². The quantitative estimate of drug-likeness (QED) is 0.746. The van der Waals surface area contributed by atoms with Crippen LogP contribution in [0.15, 0.2) is 12.7 Å². The first-order valence-electron chi connectivity index (χ1n) is 7.21. The first-order valence-corrected chi connectivity index (χ1v) is 7.21. The molecule has 5 unspecified atom stereocenters. The van der Waals surface area contributed by atoms with Crippen molar-refractivity contribution in [1.29, 1.82) is 0 Å². The first-order chi connectivity index (χ1) is 8.28.